The molecule has 292 valence electrons. The number of aromatic nitrogens is 2. The molecule has 0 aliphatic rings. The van der Waals surface area contributed by atoms with Crippen LogP contribution < -0.4 is 15.2 Å². The summed E-state index contributed by atoms with van der Waals surface area (Å²) in [7, 11) is -4.07. The van der Waals surface area contributed by atoms with E-state index in [9.17, 15) is 14.2 Å². The number of para-hydroxylation sites is 1. The highest BCUT2D eigenvalue weighted by molar-refractivity contribution is 7.48. The van der Waals surface area contributed by atoms with Crippen LogP contribution in [0.2, 0.25) is 0 Å². The number of phosphoric ester groups is 1. The number of unbranched alkanes of at least 4 members (excludes halogenated alkanes) is 3. The van der Waals surface area contributed by atoms with E-state index in [2.05, 4.69) is 28.6 Å². The molecule has 0 unspecified atom stereocenters. The molecule has 4 aromatic carbocycles. The number of nitrogens with zero attached hydrogens (tertiary/aromatic N) is 1. The molecule has 0 radical (unpaired) electrons. The topological polar surface area (TPSA) is 132 Å². The van der Waals surface area contributed by atoms with Gasteiger partial charge in [0.2, 0.25) is 11.8 Å². The summed E-state index contributed by atoms with van der Waals surface area (Å²) in [6, 6.07) is 32.4. The summed E-state index contributed by atoms with van der Waals surface area (Å²) in [5.41, 5.74) is 4.48. The van der Waals surface area contributed by atoms with Crippen molar-refractivity contribution >= 4 is 41.9 Å². The molecule has 2 heterocycles. The Labute approximate surface area is 332 Å². The van der Waals surface area contributed by atoms with Crippen molar-refractivity contribution in [3.63, 3.8) is 0 Å². The third-order valence-electron chi connectivity index (χ3n) is 9.30. The molecule has 10 nitrogen and oxygen atoms in total. The number of amides is 2. The second kappa shape index (κ2) is 20.2. The van der Waals surface area contributed by atoms with E-state index in [4.69, 9.17) is 18.6 Å². The zero-order valence-electron chi connectivity index (χ0n) is 31.8. The van der Waals surface area contributed by atoms with E-state index >= 15 is 0 Å². The van der Waals surface area contributed by atoms with E-state index in [-0.39, 0.29) is 37.2 Å². The summed E-state index contributed by atoms with van der Waals surface area (Å²) >= 11 is 1.63. The molecule has 0 spiro atoms. The van der Waals surface area contributed by atoms with Gasteiger partial charge in [-0.05, 0) is 53.3 Å². The van der Waals surface area contributed by atoms with Crippen molar-refractivity contribution in [1.29, 1.82) is 0 Å². The molecule has 3 N–H and O–H groups in total. The molecule has 0 fully saturated rings. The first-order valence-corrected chi connectivity index (χ1v) is 21.4. The lowest BCUT2D eigenvalue weighted by atomic mass is 10.0. The molecule has 0 aliphatic carbocycles. The second-order valence-electron chi connectivity index (χ2n) is 13.8. The molecule has 56 heavy (non-hydrogen) atoms. The first kappa shape index (κ1) is 40.6. The van der Waals surface area contributed by atoms with Crippen LogP contribution in [0.25, 0.3) is 10.9 Å². The van der Waals surface area contributed by atoms with Crippen LogP contribution in [0.5, 0.6) is 5.75 Å². The molecule has 0 aliphatic heterocycles. The highest BCUT2D eigenvalue weighted by Crippen LogP contribution is 2.51. The lowest BCUT2D eigenvalue weighted by Crippen LogP contribution is -2.48. The van der Waals surface area contributed by atoms with Gasteiger partial charge >= 0.3 is 7.82 Å². The number of hydrogen-bond donors (Lipinski definition) is 3. The van der Waals surface area contributed by atoms with Gasteiger partial charge in [-0.1, -0.05) is 117 Å². The van der Waals surface area contributed by atoms with Crippen LogP contribution in [0, 0.1) is 0 Å². The normalized spacial score (nSPS) is 12.6. The molecule has 2 aromatic heterocycles. The Kier molecular flexibility index (Phi) is 14.6. The predicted molar refractivity (Wildman–Crippen MR) is 221 cm³/mol. The zero-order chi connectivity index (χ0) is 39.2. The summed E-state index contributed by atoms with van der Waals surface area (Å²) in [4.78, 5) is 35.8. The smallest absolute Gasteiger partial charge is 0.404 e. The lowest BCUT2D eigenvalue weighted by molar-refractivity contribution is -0.128. The quantitative estimate of drug-likeness (QED) is 0.0489. The fourth-order valence-corrected chi connectivity index (χ4v) is 8.55. The Hall–Kier alpha value is -5.06. The summed E-state index contributed by atoms with van der Waals surface area (Å²) < 4.78 is 31.4. The van der Waals surface area contributed by atoms with Crippen LogP contribution in [0.15, 0.2) is 122 Å². The van der Waals surface area contributed by atoms with E-state index in [0.717, 1.165) is 51.0 Å². The van der Waals surface area contributed by atoms with Crippen molar-refractivity contribution in [2.24, 2.45) is 0 Å². The third-order valence-corrected chi connectivity index (χ3v) is 11.8. The molecule has 12 heteroatoms. The first-order valence-electron chi connectivity index (χ1n) is 19.1. The number of hydrogen-bond acceptors (Lipinski definition) is 8. The number of benzene rings is 4. The van der Waals surface area contributed by atoms with Gasteiger partial charge in [0.1, 0.15) is 16.8 Å². The predicted octanol–water partition coefficient (Wildman–Crippen LogP) is 9.82. The van der Waals surface area contributed by atoms with Crippen LogP contribution in [0.1, 0.15) is 77.7 Å². The Bertz CT molecular complexity index is 2140. The number of aryl methyl sites for hydroxylation is 1. The molecular weight excluding hydrogens is 744 g/mol. The number of rotatable bonds is 21. The third kappa shape index (κ3) is 12.0. The van der Waals surface area contributed by atoms with Crippen molar-refractivity contribution in [1.82, 2.24) is 20.6 Å². The summed E-state index contributed by atoms with van der Waals surface area (Å²) in [5.74, 6) is -0.376. The average molecular weight is 793 g/mol. The Morgan fingerprint density at radius 2 is 1.45 bits per heavy atom. The maximum atomic E-state index is 14.1. The molecule has 6 rings (SSSR count). The van der Waals surface area contributed by atoms with E-state index in [1.807, 2.05) is 91.3 Å². The maximum Gasteiger partial charge on any atom is 0.530 e. The van der Waals surface area contributed by atoms with Gasteiger partial charge in [0.05, 0.1) is 19.3 Å². The van der Waals surface area contributed by atoms with Gasteiger partial charge in [0.15, 0.2) is 0 Å². The molecule has 0 saturated carbocycles. The number of thiazole rings is 1. The van der Waals surface area contributed by atoms with Crippen LogP contribution in [0.3, 0.4) is 0 Å². The van der Waals surface area contributed by atoms with E-state index < -0.39 is 19.9 Å². The fourth-order valence-electron chi connectivity index (χ4n) is 6.37. The Morgan fingerprint density at radius 3 is 2.11 bits per heavy atom. The number of aromatic amines is 1. The average Bonchev–Trinajstić information content (AvgIpc) is 3.86. The largest absolute Gasteiger partial charge is 0.530 e. The number of H-pyrrole nitrogens is 1. The molecule has 0 bridgehead atoms. The van der Waals surface area contributed by atoms with Crippen molar-refractivity contribution in [3.8, 4) is 5.75 Å². The fraction of sp³-hybridized carbons (Fsp3) is 0.295. The van der Waals surface area contributed by atoms with E-state index in [1.165, 1.54) is 31.1 Å². The highest BCUT2D eigenvalue weighted by atomic mass is 32.1. The van der Waals surface area contributed by atoms with Gasteiger partial charge in [0.25, 0.3) is 0 Å². The number of nitrogens with one attached hydrogen (secondary N) is 3. The summed E-state index contributed by atoms with van der Waals surface area (Å²) in [6.07, 6.45) is 10.2. The molecular formula is C44H49N4O6PS. The van der Waals surface area contributed by atoms with Crippen molar-refractivity contribution in [2.45, 2.75) is 84.1 Å². The van der Waals surface area contributed by atoms with Gasteiger partial charge in [-0.25, -0.2) is 9.55 Å². The molecule has 2 atom stereocenters. The minimum absolute atomic E-state index is 0.0288. The second-order valence-corrected chi connectivity index (χ2v) is 16.5. The van der Waals surface area contributed by atoms with Crippen LogP contribution in [-0.4, -0.2) is 27.8 Å². The minimum atomic E-state index is -4.07. The van der Waals surface area contributed by atoms with Crippen LogP contribution >= 0.6 is 19.2 Å². The van der Waals surface area contributed by atoms with Crippen LogP contribution in [-0.2, 0) is 55.7 Å². The summed E-state index contributed by atoms with van der Waals surface area (Å²) in [6.45, 7) is 3.66. The molecule has 0 saturated heterocycles. The monoisotopic (exact) mass is 792 g/mol. The minimum Gasteiger partial charge on any atom is -0.404 e. The number of fused-ring (bicyclic) bond motifs is 1. The molecule has 6 aromatic rings. The number of carbonyl (C=O) groups excluding carboxylic acids is 2. The van der Waals surface area contributed by atoms with E-state index in [1.54, 1.807) is 35.6 Å². The van der Waals surface area contributed by atoms with Crippen molar-refractivity contribution in [3.05, 3.63) is 154 Å². The van der Waals surface area contributed by atoms with Gasteiger partial charge in [0, 0.05) is 47.9 Å². The molecule has 2 amide bonds. The SMILES string of the molecule is CCCCCCc1cnc([C@H](Cc2c[nH]c3ccccc23)NC(=O)[C@H](Cc2ccc(OP(=O)(OCc3ccccc3)OCc3ccccc3)cc2)NC(C)=O)s1. The maximum absolute atomic E-state index is 14.1. The van der Waals surface area contributed by atoms with Gasteiger partial charge in [-0.15, -0.1) is 11.3 Å². The number of carbonyl (C=O) groups is 2. The summed E-state index contributed by atoms with van der Waals surface area (Å²) in [5, 5.41) is 7.99. The van der Waals surface area contributed by atoms with Gasteiger partial charge < -0.3 is 20.1 Å². The first-order chi connectivity index (χ1) is 27.3. The van der Waals surface area contributed by atoms with Crippen LogP contribution in [0.4, 0.5) is 0 Å². The lowest BCUT2D eigenvalue weighted by Gasteiger charge is -2.23. The van der Waals surface area contributed by atoms with Gasteiger partial charge in [-0.2, -0.15) is 0 Å². The highest BCUT2D eigenvalue weighted by Gasteiger charge is 2.30. The van der Waals surface area contributed by atoms with Crippen molar-refractivity contribution in [2.75, 3.05) is 0 Å². The number of phosphoric acid groups is 1. The van der Waals surface area contributed by atoms with Crippen molar-refractivity contribution < 1.29 is 27.7 Å². The Morgan fingerprint density at radius 1 is 0.786 bits per heavy atom. The Balaban J connectivity index is 1.16. The van der Waals surface area contributed by atoms with E-state index in [0.29, 0.717) is 6.42 Å². The zero-order valence-corrected chi connectivity index (χ0v) is 33.5. The van der Waals surface area contributed by atoms with Gasteiger partial charge in [-0.3, -0.25) is 18.6 Å². The standard InChI is InChI=1S/C44H49N4O6PS/c1-3-4-5-12-19-38-29-46-44(56-38)42(27-36-28-45-40-21-14-13-20-39(36)40)48-43(50)41(47-32(2)49)26-33-22-24-37(25-23-33)54-55(51,52-30-34-15-8-6-9-16-34)53-31-35-17-10-7-11-18-35/h6-11,13-18,20-25,28-29,41-42,45H,3-5,12,19,26-27,30-31H2,1-2H3,(H,47,49)(H,48,50)/t41-,42-/m0/s1.